The van der Waals surface area contributed by atoms with E-state index < -0.39 is 0 Å². The van der Waals surface area contributed by atoms with E-state index in [4.69, 9.17) is 8.83 Å². The molecule has 3 amide bonds. The van der Waals surface area contributed by atoms with Crippen molar-refractivity contribution >= 4 is 17.7 Å². The Labute approximate surface area is 173 Å². The highest BCUT2D eigenvalue weighted by atomic mass is 16.3. The molecule has 0 radical (unpaired) electrons. The van der Waals surface area contributed by atoms with Gasteiger partial charge in [-0.05, 0) is 49.7 Å². The minimum atomic E-state index is -0.300. The third kappa shape index (κ3) is 4.05. The molecule has 1 aromatic carbocycles. The molecule has 0 saturated heterocycles. The fourth-order valence-corrected chi connectivity index (χ4v) is 3.57. The number of hydrogen-bond acceptors (Lipinski definition) is 5. The zero-order valence-corrected chi connectivity index (χ0v) is 16.7. The van der Waals surface area contributed by atoms with Crippen LogP contribution in [0.2, 0.25) is 0 Å². The first-order valence-corrected chi connectivity index (χ1v) is 9.82. The van der Waals surface area contributed by atoms with Crippen LogP contribution in [0.5, 0.6) is 0 Å². The molecule has 3 aromatic rings. The van der Waals surface area contributed by atoms with E-state index in [0.717, 1.165) is 5.56 Å². The van der Waals surface area contributed by atoms with E-state index in [1.807, 2.05) is 25.1 Å². The van der Waals surface area contributed by atoms with Crippen molar-refractivity contribution in [3.05, 3.63) is 83.2 Å². The molecule has 0 aliphatic carbocycles. The molecule has 30 heavy (non-hydrogen) atoms. The van der Waals surface area contributed by atoms with Crippen molar-refractivity contribution in [1.82, 2.24) is 9.80 Å². The summed E-state index contributed by atoms with van der Waals surface area (Å²) in [5.74, 6) is 0.645. The molecule has 0 atom stereocenters. The van der Waals surface area contributed by atoms with Gasteiger partial charge in [-0.2, -0.15) is 0 Å². The van der Waals surface area contributed by atoms with Crippen LogP contribution >= 0.6 is 0 Å². The predicted molar refractivity (Wildman–Crippen MR) is 107 cm³/mol. The highest BCUT2D eigenvalue weighted by Crippen LogP contribution is 2.24. The van der Waals surface area contributed by atoms with E-state index >= 15 is 0 Å². The van der Waals surface area contributed by atoms with Crippen molar-refractivity contribution in [2.45, 2.75) is 32.9 Å². The molecule has 7 nitrogen and oxygen atoms in total. The number of rotatable bonds is 8. The molecule has 0 saturated carbocycles. The molecular formula is C23H22N2O5. The van der Waals surface area contributed by atoms with Gasteiger partial charge in [0, 0.05) is 13.0 Å². The summed E-state index contributed by atoms with van der Waals surface area (Å²) < 4.78 is 10.7. The van der Waals surface area contributed by atoms with E-state index in [1.165, 1.54) is 4.90 Å². The largest absolute Gasteiger partial charge is 0.467 e. The van der Waals surface area contributed by atoms with Crippen molar-refractivity contribution in [3.63, 3.8) is 0 Å². The van der Waals surface area contributed by atoms with Crippen molar-refractivity contribution in [2.75, 3.05) is 6.54 Å². The van der Waals surface area contributed by atoms with E-state index in [0.29, 0.717) is 42.2 Å². The van der Waals surface area contributed by atoms with E-state index in [9.17, 15) is 14.4 Å². The van der Waals surface area contributed by atoms with Gasteiger partial charge >= 0.3 is 0 Å². The van der Waals surface area contributed by atoms with Gasteiger partial charge in [-0.15, -0.1) is 0 Å². The van der Waals surface area contributed by atoms with Crippen molar-refractivity contribution in [3.8, 4) is 0 Å². The average molecular weight is 406 g/mol. The van der Waals surface area contributed by atoms with Gasteiger partial charge in [0.2, 0.25) is 5.91 Å². The Bertz CT molecular complexity index is 1020. The standard InChI is InChI=1S/C23H22N2O5/c1-16-8-9-19-20(13-16)23(28)25(22(19)27)10-2-7-21(26)24(14-17-5-3-11-29-17)15-18-6-4-12-30-18/h3-6,8-9,11-13H,2,7,10,14-15H2,1H3. The third-order valence-electron chi connectivity index (χ3n) is 5.10. The molecule has 1 aliphatic heterocycles. The summed E-state index contributed by atoms with van der Waals surface area (Å²) in [6.07, 6.45) is 3.72. The Morgan fingerprint density at radius 2 is 1.57 bits per heavy atom. The van der Waals surface area contributed by atoms with Gasteiger partial charge in [-0.25, -0.2) is 0 Å². The van der Waals surface area contributed by atoms with Crippen LogP contribution in [0.4, 0.5) is 0 Å². The first-order valence-electron chi connectivity index (χ1n) is 9.82. The Hall–Kier alpha value is -3.61. The molecule has 0 fully saturated rings. The monoisotopic (exact) mass is 406 g/mol. The lowest BCUT2D eigenvalue weighted by Crippen LogP contribution is -2.33. The van der Waals surface area contributed by atoms with Crippen LogP contribution in [-0.4, -0.2) is 34.1 Å². The second-order valence-electron chi connectivity index (χ2n) is 7.32. The van der Waals surface area contributed by atoms with E-state index in [2.05, 4.69) is 0 Å². The summed E-state index contributed by atoms with van der Waals surface area (Å²) in [4.78, 5) is 40.8. The number of amides is 3. The zero-order valence-electron chi connectivity index (χ0n) is 16.7. The molecule has 154 valence electrons. The first-order chi connectivity index (χ1) is 14.5. The van der Waals surface area contributed by atoms with E-state index in [1.54, 1.807) is 41.7 Å². The molecule has 0 spiro atoms. The predicted octanol–water partition coefficient (Wildman–Crippen LogP) is 3.79. The summed E-state index contributed by atoms with van der Waals surface area (Å²) in [6.45, 7) is 2.72. The van der Waals surface area contributed by atoms with Gasteiger partial charge in [0.15, 0.2) is 0 Å². The highest BCUT2D eigenvalue weighted by Gasteiger charge is 2.35. The van der Waals surface area contributed by atoms with Crippen LogP contribution in [0.3, 0.4) is 0 Å². The van der Waals surface area contributed by atoms with Crippen molar-refractivity contribution < 1.29 is 23.2 Å². The van der Waals surface area contributed by atoms with Gasteiger partial charge in [-0.1, -0.05) is 11.6 Å². The van der Waals surface area contributed by atoms with Gasteiger partial charge in [-0.3, -0.25) is 19.3 Å². The Balaban J connectivity index is 1.37. The molecule has 4 rings (SSSR count). The van der Waals surface area contributed by atoms with Gasteiger partial charge in [0.25, 0.3) is 11.8 Å². The minimum absolute atomic E-state index is 0.102. The number of hydrogen-bond donors (Lipinski definition) is 0. The SMILES string of the molecule is Cc1ccc2c(c1)C(=O)N(CCCC(=O)N(Cc1ccco1)Cc1ccco1)C2=O. The summed E-state index contributed by atoms with van der Waals surface area (Å²) >= 11 is 0. The lowest BCUT2D eigenvalue weighted by molar-refractivity contribution is -0.133. The maximum absolute atomic E-state index is 12.8. The topological polar surface area (TPSA) is 84.0 Å². The van der Waals surface area contributed by atoms with E-state index in [-0.39, 0.29) is 30.7 Å². The maximum Gasteiger partial charge on any atom is 0.261 e. The molecule has 3 heterocycles. The fourth-order valence-electron chi connectivity index (χ4n) is 3.57. The number of furan rings is 2. The van der Waals surface area contributed by atoms with Crippen LogP contribution in [0.25, 0.3) is 0 Å². The van der Waals surface area contributed by atoms with Crippen molar-refractivity contribution in [1.29, 1.82) is 0 Å². The number of benzene rings is 1. The summed E-state index contributed by atoms with van der Waals surface area (Å²) in [6, 6.07) is 12.4. The number of imide groups is 1. The van der Waals surface area contributed by atoms with Gasteiger partial charge < -0.3 is 13.7 Å². The molecule has 0 N–H and O–H groups in total. The smallest absolute Gasteiger partial charge is 0.261 e. The van der Waals surface area contributed by atoms with Crippen LogP contribution < -0.4 is 0 Å². The van der Waals surface area contributed by atoms with Crippen LogP contribution in [0.15, 0.2) is 63.8 Å². The Morgan fingerprint density at radius 3 is 2.17 bits per heavy atom. The number of carbonyl (C=O) groups excluding carboxylic acids is 3. The number of fused-ring (bicyclic) bond motifs is 1. The molecular weight excluding hydrogens is 384 g/mol. The first kappa shape index (κ1) is 19.7. The number of aryl methyl sites for hydroxylation is 1. The van der Waals surface area contributed by atoms with Gasteiger partial charge in [0.1, 0.15) is 11.5 Å². The van der Waals surface area contributed by atoms with Crippen LogP contribution in [0, 0.1) is 6.92 Å². The molecule has 1 aliphatic rings. The quantitative estimate of drug-likeness (QED) is 0.532. The lowest BCUT2D eigenvalue weighted by atomic mass is 10.1. The summed E-state index contributed by atoms with van der Waals surface area (Å²) in [5.41, 5.74) is 1.79. The third-order valence-corrected chi connectivity index (χ3v) is 5.10. The molecule has 2 aromatic heterocycles. The average Bonchev–Trinajstić information content (AvgIpc) is 3.47. The van der Waals surface area contributed by atoms with Crippen molar-refractivity contribution in [2.24, 2.45) is 0 Å². The second-order valence-corrected chi connectivity index (χ2v) is 7.32. The lowest BCUT2D eigenvalue weighted by Gasteiger charge is -2.21. The number of nitrogens with zero attached hydrogens (tertiary/aromatic N) is 2. The van der Waals surface area contributed by atoms with Crippen LogP contribution in [0.1, 0.15) is 50.6 Å². The fraction of sp³-hybridized carbons (Fsp3) is 0.261. The maximum atomic E-state index is 12.8. The molecule has 7 heteroatoms. The van der Waals surface area contributed by atoms with Gasteiger partial charge in [0.05, 0.1) is 36.7 Å². The summed E-state index contributed by atoms with van der Waals surface area (Å²) in [7, 11) is 0. The summed E-state index contributed by atoms with van der Waals surface area (Å²) in [5, 5.41) is 0. The van der Waals surface area contributed by atoms with Crippen LogP contribution in [-0.2, 0) is 17.9 Å². The second kappa shape index (κ2) is 8.41. The molecule has 0 bridgehead atoms. The Morgan fingerprint density at radius 1 is 0.933 bits per heavy atom. The number of carbonyl (C=O) groups is 3. The minimum Gasteiger partial charge on any atom is -0.467 e. The highest BCUT2D eigenvalue weighted by molar-refractivity contribution is 6.21. The Kier molecular flexibility index (Phi) is 5.52. The molecule has 0 unspecified atom stereocenters. The zero-order chi connectivity index (χ0) is 21.1. The normalized spacial score (nSPS) is 13.0.